The van der Waals surface area contributed by atoms with Gasteiger partial charge in [-0.15, -0.1) is 11.3 Å². The molecule has 0 unspecified atom stereocenters. The number of likely N-dealkylation sites (N-methyl/N-ethyl adjacent to an activating group) is 1. The van der Waals surface area contributed by atoms with Gasteiger partial charge in [-0.05, 0) is 39.3 Å². The normalized spacial score (nSPS) is 20.6. The molecule has 1 aliphatic rings. The van der Waals surface area contributed by atoms with E-state index in [1.165, 1.54) is 15.8 Å². The molecule has 7 heteroatoms. The third kappa shape index (κ3) is 3.54. The van der Waals surface area contributed by atoms with Gasteiger partial charge in [0.1, 0.15) is 10.6 Å². The zero-order chi connectivity index (χ0) is 17.3. The van der Waals surface area contributed by atoms with Crippen LogP contribution in [0.15, 0.2) is 5.16 Å². The largest absolute Gasteiger partial charge is 0.369 e. The molecule has 2 aromatic heterocycles. The number of rotatable bonds is 6. The number of nitrogens with zero attached hydrogens (tertiary/aromatic N) is 3. The Balaban J connectivity index is 2.03. The van der Waals surface area contributed by atoms with Crippen molar-refractivity contribution >= 4 is 39.1 Å². The number of thioether (sulfide) groups is 1. The van der Waals surface area contributed by atoms with Crippen LogP contribution in [0.3, 0.4) is 0 Å². The van der Waals surface area contributed by atoms with E-state index in [1.54, 1.807) is 23.1 Å². The molecular formula is C17H26N4OS2. The maximum Gasteiger partial charge on any atom is 0.190 e. The number of nitrogens with one attached hydrogen (secondary N) is 1. The lowest BCUT2D eigenvalue weighted by molar-refractivity contribution is -0.0542. The summed E-state index contributed by atoms with van der Waals surface area (Å²) in [7, 11) is 4.17. The van der Waals surface area contributed by atoms with E-state index in [1.807, 2.05) is 6.26 Å². The summed E-state index contributed by atoms with van der Waals surface area (Å²) < 4.78 is 6.11. The zero-order valence-corrected chi connectivity index (χ0v) is 16.7. The van der Waals surface area contributed by atoms with Crippen LogP contribution in [-0.4, -0.2) is 53.9 Å². The summed E-state index contributed by atoms with van der Waals surface area (Å²) >= 11 is 3.35. The van der Waals surface area contributed by atoms with Crippen molar-refractivity contribution < 1.29 is 4.74 Å². The van der Waals surface area contributed by atoms with Crippen molar-refractivity contribution in [2.45, 2.75) is 44.1 Å². The molecule has 0 amide bonds. The predicted molar refractivity (Wildman–Crippen MR) is 103 cm³/mol. The molecule has 1 N–H and O–H groups in total. The summed E-state index contributed by atoms with van der Waals surface area (Å²) in [5, 5.41) is 5.56. The second-order valence-electron chi connectivity index (χ2n) is 6.74. The fourth-order valence-electron chi connectivity index (χ4n) is 2.90. The first-order valence-corrected chi connectivity index (χ1v) is 10.4. The lowest BCUT2D eigenvalue weighted by Crippen LogP contribution is -2.34. The van der Waals surface area contributed by atoms with Crippen LogP contribution in [0.4, 0.5) is 5.82 Å². The van der Waals surface area contributed by atoms with E-state index >= 15 is 0 Å². The second kappa shape index (κ2) is 7.15. The van der Waals surface area contributed by atoms with Gasteiger partial charge in [0.05, 0.1) is 17.6 Å². The number of hydrogen-bond acceptors (Lipinski definition) is 7. The van der Waals surface area contributed by atoms with Gasteiger partial charge in [0, 0.05) is 24.4 Å². The first-order valence-electron chi connectivity index (χ1n) is 8.34. The maximum absolute atomic E-state index is 6.11. The Labute approximate surface area is 152 Å². The van der Waals surface area contributed by atoms with Crippen LogP contribution in [0.5, 0.6) is 0 Å². The number of anilines is 1. The molecule has 132 valence electrons. The van der Waals surface area contributed by atoms with Crippen LogP contribution < -0.4 is 5.32 Å². The number of aromatic nitrogens is 2. The Bertz CT molecular complexity index is 731. The highest BCUT2D eigenvalue weighted by molar-refractivity contribution is 7.98. The molecule has 24 heavy (non-hydrogen) atoms. The first kappa shape index (κ1) is 17.9. The van der Waals surface area contributed by atoms with Crippen LogP contribution >= 0.6 is 23.1 Å². The van der Waals surface area contributed by atoms with E-state index in [2.05, 4.69) is 38.2 Å². The minimum atomic E-state index is -0.0832. The molecule has 0 aliphatic carbocycles. The fraction of sp³-hybridized carbons (Fsp3) is 0.647. The molecular weight excluding hydrogens is 340 g/mol. The van der Waals surface area contributed by atoms with Gasteiger partial charge in [-0.1, -0.05) is 18.7 Å². The van der Waals surface area contributed by atoms with E-state index in [-0.39, 0.29) is 5.60 Å². The predicted octanol–water partition coefficient (Wildman–Crippen LogP) is 3.63. The zero-order valence-electron chi connectivity index (χ0n) is 15.1. The number of thiophene rings is 1. The number of fused-ring (bicyclic) bond motifs is 3. The highest BCUT2D eigenvalue weighted by Crippen LogP contribution is 2.42. The quantitative estimate of drug-likeness (QED) is 0.622. The lowest BCUT2D eigenvalue weighted by Gasteiger charge is -2.33. The smallest absolute Gasteiger partial charge is 0.190 e. The molecule has 0 saturated carbocycles. The van der Waals surface area contributed by atoms with Gasteiger partial charge in [0.25, 0.3) is 0 Å². The van der Waals surface area contributed by atoms with Gasteiger partial charge in [-0.25, -0.2) is 9.97 Å². The minimum absolute atomic E-state index is 0.0832. The molecule has 3 heterocycles. The van der Waals surface area contributed by atoms with Crippen molar-refractivity contribution in [2.75, 3.05) is 38.8 Å². The summed E-state index contributed by atoms with van der Waals surface area (Å²) in [6, 6.07) is 0. The van der Waals surface area contributed by atoms with Crippen LogP contribution in [0.2, 0.25) is 0 Å². The van der Waals surface area contributed by atoms with Crippen molar-refractivity contribution in [3.8, 4) is 0 Å². The van der Waals surface area contributed by atoms with Crippen LogP contribution in [0.25, 0.3) is 10.2 Å². The fourth-order valence-corrected chi connectivity index (χ4v) is 4.42. The molecule has 0 fully saturated rings. The van der Waals surface area contributed by atoms with E-state index in [0.717, 1.165) is 41.7 Å². The molecule has 3 rings (SSSR count). The van der Waals surface area contributed by atoms with Crippen LogP contribution in [-0.2, 0) is 17.8 Å². The summed E-state index contributed by atoms with van der Waals surface area (Å²) in [6.45, 7) is 6.93. The molecule has 0 saturated heterocycles. The number of hydrogen-bond donors (Lipinski definition) is 1. The van der Waals surface area contributed by atoms with Crippen LogP contribution in [0.1, 0.15) is 30.7 Å². The molecule has 2 aromatic rings. The van der Waals surface area contributed by atoms with E-state index in [4.69, 9.17) is 14.7 Å². The Morgan fingerprint density at radius 1 is 1.38 bits per heavy atom. The summed E-state index contributed by atoms with van der Waals surface area (Å²) in [5.41, 5.74) is 1.30. The van der Waals surface area contributed by atoms with Crippen molar-refractivity contribution in [1.29, 1.82) is 0 Å². The molecule has 0 spiro atoms. The van der Waals surface area contributed by atoms with Gasteiger partial charge < -0.3 is 15.0 Å². The summed E-state index contributed by atoms with van der Waals surface area (Å²) in [5.74, 6) is 0.976. The van der Waals surface area contributed by atoms with Crippen molar-refractivity contribution in [1.82, 2.24) is 14.9 Å². The topological polar surface area (TPSA) is 50.3 Å². The Morgan fingerprint density at radius 2 is 2.17 bits per heavy atom. The monoisotopic (exact) mass is 366 g/mol. The Kier molecular flexibility index (Phi) is 5.34. The maximum atomic E-state index is 6.11. The average molecular weight is 367 g/mol. The van der Waals surface area contributed by atoms with Crippen LogP contribution in [0, 0.1) is 0 Å². The van der Waals surface area contributed by atoms with E-state index in [9.17, 15) is 0 Å². The Hall–Kier alpha value is -0.890. The van der Waals surface area contributed by atoms with Gasteiger partial charge in [-0.3, -0.25) is 0 Å². The van der Waals surface area contributed by atoms with Crippen molar-refractivity contribution in [3.05, 3.63) is 10.4 Å². The van der Waals surface area contributed by atoms with Gasteiger partial charge in [-0.2, -0.15) is 0 Å². The number of ether oxygens (including phenoxy) is 1. The summed E-state index contributed by atoms with van der Waals surface area (Å²) in [6.07, 6.45) is 3.97. The molecule has 0 bridgehead atoms. The third-order valence-electron chi connectivity index (χ3n) is 4.60. The van der Waals surface area contributed by atoms with E-state index in [0.29, 0.717) is 6.61 Å². The molecule has 0 radical (unpaired) electrons. The average Bonchev–Trinajstić information content (AvgIpc) is 2.91. The molecule has 0 aromatic carbocycles. The highest BCUT2D eigenvalue weighted by atomic mass is 32.2. The molecule has 1 aliphatic heterocycles. The highest BCUT2D eigenvalue weighted by Gasteiger charge is 2.33. The van der Waals surface area contributed by atoms with Gasteiger partial charge >= 0.3 is 0 Å². The van der Waals surface area contributed by atoms with Gasteiger partial charge in [0.2, 0.25) is 0 Å². The second-order valence-corrected chi connectivity index (χ2v) is 8.60. The van der Waals surface area contributed by atoms with Crippen molar-refractivity contribution in [3.63, 3.8) is 0 Å². The summed E-state index contributed by atoms with van der Waals surface area (Å²) in [4.78, 5) is 14.1. The minimum Gasteiger partial charge on any atom is -0.369 e. The molecule has 1 atom stereocenters. The molecule has 5 nitrogen and oxygen atoms in total. The van der Waals surface area contributed by atoms with Crippen molar-refractivity contribution in [2.24, 2.45) is 0 Å². The van der Waals surface area contributed by atoms with Gasteiger partial charge in [0.15, 0.2) is 5.16 Å². The Morgan fingerprint density at radius 3 is 2.83 bits per heavy atom. The lowest BCUT2D eigenvalue weighted by atomic mass is 9.90. The SMILES string of the molecule is CC[C@@]1(C)Cc2c(sc3nc(SC)nc(NCCN(C)C)c23)CO1. The third-order valence-corrected chi connectivity index (χ3v) is 6.25. The van der Waals surface area contributed by atoms with E-state index < -0.39 is 0 Å². The standard InChI is InChI=1S/C17H26N4OS2/c1-6-17(2)9-11-12(10-22-17)24-15-13(11)14(18-7-8-21(3)4)19-16(20-15)23-5/h6-10H2,1-5H3,(H,18,19,20)/t17-/m0/s1. The first-order chi connectivity index (χ1) is 11.5.